The Balaban J connectivity index is 2.02. The van der Waals surface area contributed by atoms with Crippen molar-refractivity contribution in [2.45, 2.75) is 27.2 Å². The first-order valence-corrected chi connectivity index (χ1v) is 8.70. The highest BCUT2D eigenvalue weighted by Crippen LogP contribution is 2.21. The lowest BCUT2D eigenvalue weighted by molar-refractivity contribution is -0.117. The van der Waals surface area contributed by atoms with Crippen LogP contribution in [0.15, 0.2) is 42.5 Å². The van der Waals surface area contributed by atoms with Crippen molar-refractivity contribution < 1.29 is 9.59 Å². The number of carbonyl (C=O) groups is 2. The van der Waals surface area contributed by atoms with Gasteiger partial charge in [0.2, 0.25) is 11.8 Å². The molecule has 2 aromatic rings. The van der Waals surface area contributed by atoms with Gasteiger partial charge in [0.1, 0.15) is 0 Å². The molecule has 0 aliphatic heterocycles. The summed E-state index contributed by atoms with van der Waals surface area (Å²) in [5.41, 5.74) is 4.79. The van der Waals surface area contributed by atoms with Crippen LogP contribution in [0, 0.1) is 13.8 Å². The molecule has 5 nitrogen and oxygen atoms in total. The predicted octanol–water partition coefficient (Wildman–Crippen LogP) is 3.75. The second kappa shape index (κ2) is 8.52. The SMILES string of the molecule is CC(=O)N(CCC(=O)Nc1cc(C)ccc1C)c1ccc(N(C)C)cc1. The Hall–Kier alpha value is -2.82. The van der Waals surface area contributed by atoms with Crippen molar-refractivity contribution in [1.82, 2.24) is 0 Å². The number of hydrogen-bond acceptors (Lipinski definition) is 3. The van der Waals surface area contributed by atoms with Crippen molar-refractivity contribution in [2.24, 2.45) is 0 Å². The highest BCUT2D eigenvalue weighted by atomic mass is 16.2. The summed E-state index contributed by atoms with van der Waals surface area (Å²) >= 11 is 0. The lowest BCUT2D eigenvalue weighted by atomic mass is 10.1. The first-order valence-electron chi connectivity index (χ1n) is 8.70. The predicted molar refractivity (Wildman–Crippen MR) is 108 cm³/mol. The molecule has 0 spiro atoms. The van der Waals surface area contributed by atoms with Crippen LogP contribution in [0.3, 0.4) is 0 Å². The molecule has 0 aliphatic carbocycles. The number of hydrogen-bond donors (Lipinski definition) is 1. The van der Waals surface area contributed by atoms with Crippen LogP contribution in [0.25, 0.3) is 0 Å². The van der Waals surface area contributed by atoms with Gasteiger partial charge in [-0.25, -0.2) is 0 Å². The van der Waals surface area contributed by atoms with E-state index in [4.69, 9.17) is 0 Å². The number of aryl methyl sites for hydroxylation is 2. The highest BCUT2D eigenvalue weighted by molar-refractivity contribution is 5.95. The van der Waals surface area contributed by atoms with Crippen LogP contribution in [0.2, 0.25) is 0 Å². The summed E-state index contributed by atoms with van der Waals surface area (Å²) in [6.45, 7) is 5.81. The fourth-order valence-corrected chi connectivity index (χ4v) is 2.70. The molecule has 138 valence electrons. The van der Waals surface area contributed by atoms with Gasteiger partial charge in [0, 0.05) is 51.0 Å². The molecular formula is C21H27N3O2. The van der Waals surface area contributed by atoms with Gasteiger partial charge < -0.3 is 15.1 Å². The number of benzene rings is 2. The van der Waals surface area contributed by atoms with Crippen LogP contribution in [-0.2, 0) is 9.59 Å². The van der Waals surface area contributed by atoms with Crippen LogP contribution < -0.4 is 15.1 Å². The number of nitrogens with one attached hydrogen (secondary N) is 1. The molecule has 0 atom stereocenters. The largest absolute Gasteiger partial charge is 0.378 e. The molecule has 0 saturated heterocycles. The number of anilines is 3. The summed E-state index contributed by atoms with van der Waals surface area (Å²) in [7, 11) is 3.94. The van der Waals surface area contributed by atoms with Crippen molar-refractivity contribution in [3.05, 3.63) is 53.6 Å². The summed E-state index contributed by atoms with van der Waals surface area (Å²) in [5.74, 6) is -0.183. The van der Waals surface area contributed by atoms with E-state index >= 15 is 0 Å². The quantitative estimate of drug-likeness (QED) is 0.860. The van der Waals surface area contributed by atoms with Crippen molar-refractivity contribution in [3.8, 4) is 0 Å². The normalized spacial score (nSPS) is 10.3. The lowest BCUT2D eigenvalue weighted by Gasteiger charge is -2.22. The third-order valence-corrected chi connectivity index (χ3v) is 4.29. The van der Waals surface area contributed by atoms with Gasteiger partial charge in [-0.3, -0.25) is 9.59 Å². The third-order valence-electron chi connectivity index (χ3n) is 4.29. The van der Waals surface area contributed by atoms with E-state index in [1.807, 2.05) is 75.3 Å². The van der Waals surface area contributed by atoms with Gasteiger partial charge in [-0.1, -0.05) is 12.1 Å². The zero-order valence-corrected chi connectivity index (χ0v) is 16.2. The van der Waals surface area contributed by atoms with Gasteiger partial charge in [0.05, 0.1) is 0 Å². The average Bonchev–Trinajstić information content (AvgIpc) is 2.58. The summed E-state index contributed by atoms with van der Waals surface area (Å²) in [5, 5.41) is 2.94. The molecule has 1 N–H and O–H groups in total. The minimum atomic E-state index is -0.102. The minimum Gasteiger partial charge on any atom is -0.378 e. The summed E-state index contributed by atoms with van der Waals surface area (Å²) < 4.78 is 0. The number of rotatable bonds is 6. The van der Waals surface area contributed by atoms with Crippen LogP contribution in [0.5, 0.6) is 0 Å². The van der Waals surface area contributed by atoms with E-state index in [-0.39, 0.29) is 18.2 Å². The number of carbonyl (C=O) groups excluding carboxylic acids is 2. The molecule has 2 rings (SSSR count). The fourth-order valence-electron chi connectivity index (χ4n) is 2.70. The van der Waals surface area contributed by atoms with E-state index < -0.39 is 0 Å². The second-order valence-electron chi connectivity index (χ2n) is 6.70. The van der Waals surface area contributed by atoms with E-state index in [2.05, 4.69) is 5.32 Å². The Morgan fingerprint density at radius 2 is 1.58 bits per heavy atom. The van der Waals surface area contributed by atoms with E-state index in [1.165, 1.54) is 6.92 Å². The molecule has 0 saturated carbocycles. The maximum absolute atomic E-state index is 12.3. The van der Waals surface area contributed by atoms with Crippen molar-refractivity contribution in [2.75, 3.05) is 35.8 Å². The molecule has 0 aromatic heterocycles. The molecule has 0 fully saturated rings. The molecule has 0 bridgehead atoms. The summed E-state index contributed by atoms with van der Waals surface area (Å²) in [6, 6.07) is 13.7. The maximum atomic E-state index is 12.3. The molecule has 0 heterocycles. The monoisotopic (exact) mass is 353 g/mol. The number of nitrogens with zero attached hydrogens (tertiary/aromatic N) is 2. The molecule has 2 aromatic carbocycles. The van der Waals surface area contributed by atoms with E-state index in [1.54, 1.807) is 4.90 Å². The smallest absolute Gasteiger partial charge is 0.226 e. The van der Waals surface area contributed by atoms with Gasteiger partial charge in [0.25, 0.3) is 0 Å². The Labute approximate surface area is 155 Å². The average molecular weight is 353 g/mol. The van der Waals surface area contributed by atoms with Gasteiger partial charge in [0.15, 0.2) is 0 Å². The summed E-state index contributed by atoms with van der Waals surface area (Å²) in [6.07, 6.45) is 0.238. The van der Waals surface area contributed by atoms with Gasteiger partial charge in [-0.15, -0.1) is 0 Å². The topological polar surface area (TPSA) is 52.7 Å². The lowest BCUT2D eigenvalue weighted by Crippen LogP contribution is -2.32. The third kappa shape index (κ3) is 5.09. The first kappa shape index (κ1) is 19.5. The van der Waals surface area contributed by atoms with Crippen LogP contribution in [0.1, 0.15) is 24.5 Å². The Kier molecular flexibility index (Phi) is 6.39. The van der Waals surface area contributed by atoms with Crippen molar-refractivity contribution in [1.29, 1.82) is 0 Å². The molecule has 26 heavy (non-hydrogen) atoms. The zero-order valence-electron chi connectivity index (χ0n) is 16.2. The standard InChI is InChI=1S/C21H27N3O2/c1-15-6-7-16(2)20(14-15)22-21(26)12-13-24(17(3)25)19-10-8-18(9-11-19)23(4)5/h6-11,14H,12-13H2,1-5H3,(H,22,26). The molecule has 0 radical (unpaired) electrons. The summed E-state index contributed by atoms with van der Waals surface area (Å²) in [4.78, 5) is 28.0. The van der Waals surface area contributed by atoms with Crippen LogP contribution in [0.4, 0.5) is 17.1 Å². The zero-order chi connectivity index (χ0) is 19.3. The Bertz CT molecular complexity index is 782. The van der Waals surface area contributed by atoms with Crippen molar-refractivity contribution >= 4 is 28.9 Å². The van der Waals surface area contributed by atoms with Crippen LogP contribution in [-0.4, -0.2) is 32.5 Å². The highest BCUT2D eigenvalue weighted by Gasteiger charge is 2.14. The Morgan fingerprint density at radius 1 is 0.962 bits per heavy atom. The fraction of sp³-hybridized carbons (Fsp3) is 0.333. The first-order chi connectivity index (χ1) is 12.3. The molecule has 0 unspecified atom stereocenters. The molecule has 5 heteroatoms. The minimum absolute atomic E-state index is 0.0814. The van der Waals surface area contributed by atoms with E-state index in [0.29, 0.717) is 6.54 Å². The number of amides is 2. The van der Waals surface area contributed by atoms with Gasteiger partial charge >= 0.3 is 0 Å². The molecular weight excluding hydrogens is 326 g/mol. The van der Waals surface area contributed by atoms with E-state index in [0.717, 1.165) is 28.2 Å². The second-order valence-corrected chi connectivity index (χ2v) is 6.70. The van der Waals surface area contributed by atoms with E-state index in [9.17, 15) is 9.59 Å². The molecule has 0 aliphatic rings. The van der Waals surface area contributed by atoms with Crippen LogP contribution >= 0.6 is 0 Å². The van der Waals surface area contributed by atoms with Crippen molar-refractivity contribution in [3.63, 3.8) is 0 Å². The Morgan fingerprint density at radius 3 is 2.15 bits per heavy atom. The van der Waals surface area contributed by atoms with Gasteiger partial charge in [-0.05, 0) is 55.3 Å². The molecule has 2 amide bonds. The van der Waals surface area contributed by atoms with Gasteiger partial charge in [-0.2, -0.15) is 0 Å². The maximum Gasteiger partial charge on any atom is 0.226 e.